The van der Waals surface area contributed by atoms with Crippen molar-refractivity contribution in [2.45, 2.75) is 77.5 Å². The van der Waals surface area contributed by atoms with Gasteiger partial charge in [-0.1, -0.05) is 13.8 Å². The molecule has 0 saturated heterocycles. The van der Waals surface area contributed by atoms with E-state index in [0.717, 1.165) is 6.92 Å². The van der Waals surface area contributed by atoms with E-state index in [1.165, 1.54) is 14.0 Å². The van der Waals surface area contributed by atoms with E-state index in [4.69, 9.17) is 10.2 Å². The van der Waals surface area contributed by atoms with Gasteiger partial charge in [0.05, 0.1) is 0 Å². The van der Waals surface area contributed by atoms with Crippen LogP contribution >= 0.6 is 0 Å². The van der Waals surface area contributed by atoms with E-state index < -0.39 is 84.4 Å². The van der Waals surface area contributed by atoms with E-state index in [1.54, 1.807) is 13.8 Å². The Morgan fingerprint density at radius 1 is 0.657 bits per heavy atom. The van der Waals surface area contributed by atoms with Crippen molar-refractivity contribution in [2.24, 2.45) is 5.92 Å². The molecule has 0 aliphatic rings. The highest BCUT2D eigenvalue weighted by atomic mass is 16.4. The molecule has 0 aliphatic heterocycles. The molecule has 0 aromatic rings. The Kier molecular flexibility index (Phi) is 13.6. The third-order valence-corrected chi connectivity index (χ3v) is 4.87. The summed E-state index contributed by atoms with van der Waals surface area (Å²) in [6, 6.07) is -4.68. The molecule has 198 valence electrons. The number of carboxylic acid groups (broad SMARTS) is 2. The first-order valence-corrected chi connectivity index (χ1v) is 11.0. The van der Waals surface area contributed by atoms with Gasteiger partial charge in [-0.2, -0.15) is 0 Å². The first-order chi connectivity index (χ1) is 16.2. The van der Waals surface area contributed by atoms with Gasteiger partial charge >= 0.3 is 11.9 Å². The van der Waals surface area contributed by atoms with Gasteiger partial charge in [-0.25, -0.2) is 0 Å². The number of nitrogens with one attached hydrogen (secondary N) is 5. The molecule has 0 aliphatic carbocycles. The molecule has 0 aromatic heterocycles. The van der Waals surface area contributed by atoms with E-state index in [-0.39, 0.29) is 12.8 Å². The SMILES string of the molecule is CNC(=O)[C@H](C)NC(=O)[C@H](CCC(=O)O)NC(=O)[C@@H](NC(=O)[C@H](CCC(=O)O)NC(C)=O)C(C)C. The number of hydrogen-bond acceptors (Lipinski definition) is 7. The molecule has 0 heterocycles. The molecule has 0 saturated carbocycles. The van der Waals surface area contributed by atoms with Crippen LogP contribution in [0, 0.1) is 5.92 Å². The highest BCUT2D eigenvalue weighted by Crippen LogP contribution is 2.07. The molecule has 14 nitrogen and oxygen atoms in total. The Balaban J connectivity index is 5.58. The summed E-state index contributed by atoms with van der Waals surface area (Å²) in [4.78, 5) is 83.3. The zero-order chi connectivity index (χ0) is 27.3. The number of carboxylic acids is 2. The molecule has 0 unspecified atom stereocenters. The van der Waals surface area contributed by atoms with Crippen LogP contribution in [-0.2, 0) is 33.6 Å². The number of amides is 5. The van der Waals surface area contributed by atoms with Crippen molar-refractivity contribution in [3.05, 3.63) is 0 Å². The predicted octanol–water partition coefficient (Wildman–Crippen LogP) is -1.90. The zero-order valence-corrected chi connectivity index (χ0v) is 20.5. The van der Waals surface area contributed by atoms with Crippen molar-refractivity contribution in [1.82, 2.24) is 26.6 Å². The van der Waals surface area contributed by atoms with Gasteiger partial charge in [0.2, 0.25) is 29.5 Å². The number of carbonyl (C=O) groups is 7. The third kappa shape index (κ3) is 12.4. The number of likely N-dealkylation sites (N-methyl/N-ethyl adjacent to an activating group) is 1. The smallest absolute Gasteiger partial charge is 0.303 e. The fourth-order valence-corrected chi connectivity index (χ4v) is 2.96. The second-order valence-corrected chi connectivity index (χ2v) is 8.25. The maximum atomic E-state index is 13.0. The van der Waals surface area contributed by atoms with E-state index in [2.05, 4.69) is 26.6 Å². The lowest BCUT2D eigenvalue weighted by molar-refractivity contribution is -0.138. The van der Waals surface area contributed by atoms with Gasteiger partial charge in [0.1, 0.15) is 24.2 Å². The number of aliphatic carboxylic acids is 2. The number of rotatable bonds is 15. The normalized spacial score (nSPS) is 14.0. The molecule has 0 spiro atoms. The fraction of sp³-hybridized carbons (Fsp3) is 0.667. The average Bonchev–Trinajstić information content (AvgIpc) is 2.75. The van der Waals surface area contributed by atoms with Crippen LogP contribution < -0.4 is 26.6 Å². The first kappa shape index (κ1) is 31.3. The summed E-state index contributed by atoms with van der Waals surface area (Å²) in [6.07, 6.45) is -1.35. The lowest BCUT2D eigenvalue weighted by Gasteiger charge is -2.27. The quantitative estimate of drug-likeness (QED) is 0.133. The molecule has 4 atom stereocenters. The van der Waals surface area contributed by atoms with Crippen LogP contribution in [0.4, 0.5) is 0 Å². The van der Waals surface area contributed by atoms with Gasteiger partial charge in [0, 0.05) is 26.8 Å². The standard InChI is InChI=1S/C21H35N5O9/c1-10(2)17(26-20(34)13(24-12(4)27)6-8-15(28)29)21(35)25-14(7-9-16(30)31)19(33)23-11(3)18(32)22-5/h10-11,13-14,17H,6-9H2,1-5H3,(H,22,32)(H,23,33)(H,24,27)(H,25,35)(H,26,34)(H,28,29)(H,30,31)/t11-,13-,14-,17-/m0/s1. The van der Waals surface area contributed by atoms with Crippen LogP contribution in [-0.4, -0.2) is 82.9 Å². The van der Waals surface area contributed by atoms with Gasteiger partial charge in [0.15, 0.2) is 0 Å². The van der Waals surface area contributed by atoms with Crippen molar-refractivity contribution in [3.63, 3.8) is 0 Å². The van der Waals surface area contributed by atoms with Gasteiger partial charge in [0.25, 0.3) is 0 Å². The minimum absolute atomic E-state index is 0.214. The van der Waals surface area contributed by atoms with Crippen LogP contribution in [0.15, 0.2) is 0 Å². The van der Waals surface area contributed by atoms with Crippen LogP contribution in [0.25, 0.3) is 0 Å². The van der Waals surface area contributed by atoms with Crippen LogP contribution in [0.1, 0.15) is 53.4 Å². The molecule has 14 heteroatoms. The maximum absolute atomic E-state index is 13.0. The van der Waals surface area contributed by atoms with Crippen LogP contribution in [0.3, 0.4) is 0 Å². The number of carbonyl (C=O) groups excluding carboxylic acids is 5. The molecule has 0 radical (unpaired) electrons. The molecule has 0 aromatic carbocycles. The fourth-order valence-electron chi connectivity index (χ4n) is 2.96. The molecule has 0 bridgehead atoms. The number of hydrogen-bond donors (Lipinski definition) is 7. The second kappa shape index (κ2) is 15.2. The largest absolute Gasteiger partial charge is 0.481 e. The highest BCUT2D eigenvalue weighted by molar-refractivity contribution is 5.95. The Hall–Kier alpha value is -3.71. The summed E-state index contributed by atoms with van der Waals surface area (Å²) in [5.74, 6) is -6.34. The van der Waals surface area contributed by atoms with Crippen LogP contribution in [0.2, 0.25) is 0 Å². The van der Waals surface area contributed by atoms with E-state index >= 15 is 0 Å². The van der Waals surface area contributed by atoms with E-state index in [0.29, 0.717) is 0 Å². The Morgan fingerprint density at radius 3 is 1.51 bits per heavy atom. The zero-order valence-electron chi connectivity index (χ0n) is 20.5. The topological polar surface area (TPSA) is 220 Å². The Morgan fingerprint density at radius 2 is 1.11 bits per heavy atom. The Bertz CT molecular complexity index is 815. The van der Waals surface area contributed by atoms with Crippen molar-refractivity contribution >= 4 is 41.5 Å². The average molecular weight is 502 g/mol. The van der Waals surface area contributed by atoms with Gasteiger partial charge in [-0.3, -0.25) is 33.6 Å². The minimum Gasteiger partial charge on any atom is -0.481 e. The summed E-state index contributed by atoms with van der Waals surface area (Å²) < 4.78 is 0. The summed E-state index contributed by atoms with van der Waals surface area (Å²) in [6.45, 7) is 5.77. The summed E-state index contributed by atoms with van der Waals surface area (Å²) >= 11 is 0. The molecular formula is C21H35N5O9. The molecule has 5 amide bonds. The monoisotopic (exact) mass is 501 g/mol. The summed E-state index contributed by atoms with van der Waals surface area (Å²) in [7, 11) is 1.37. The van der Waals surface area contributed by atoms with Gasteiger partial charge < -0.3 is 36.8 Å². The van der Waals surface area contributed by atoms with E-state index in [9.17, 15) is 33.6 Å². The first-order valence-electron chi connectivity index (χ1n) is 11.0. The molecule has 7 N–H and O–H groups in total. The van der Waals surface area contributed by atoms with Crippen molar-refractivity contribution in [2.75, 3.05) is 7.05 Å². The van der Waals surface area contributed by atoms with Crippen molar-refractivity contribution in [1.29, 1.82) is 0 Å². The second-order valence-electron chi connectivity index (χ2n) is 8.25. The highest BCUT2D eigenvalue weighted by Gasteiger charge is 2.32. The van der Waals surface area contributed by atoms with Crippen molar-refractivity contribution < 1.29 is 43.8 Å². The maximum Gasteiger partial charge on any atom is 0.303 e. The van der Waals surface area contributed by atoms with Crippen LogP contribution in [0.5, 0.6) is 0 Å². The lowest BCUT2D eigenvalue weighted by Crippen LogP contribution is -2.59. The van der Waals surface area contributed by atoms with E-state index in [1.807, 2.05) is 0 Å². The molecular weight excluding hydrogens is 466 g/mol. The summed E-state index contributed by atoms with van der Waals surface area (Å²) in [5, 5.41) is 29.8. The minimum atomic E-state index is -1.32. The van der Waals surface area contributed by atoms with Gasteiger partial charge in [-0.15, -0.1) is 0 Å². The summed E-state index contributed by atoms with van der Waals surface area (Å²) in [5.41, 5.74) is 0. The molecule has 0 fully saturated rings. The lowest BCUT2D eigenvalue weighted by atomic mass is 10.0. The Labute approximate surface area is 203 Å². The van der Waals surface area contributed by atoms with Crippen molar-refractivity contribution in [3.8, 4) is 0 Å². The molecule has 0 rings (SSSR count). The van der Waals surface area contributed by atoms with Gasteiger partial charge in [-0.05, 0) is 25.7 Å². The molecule has 35 heavy (non-hydrogen) atoms. The predicted molar refractivity (Wildman–Crippen MR) is 122 cm³/mol. The third-order valence-electron chi connectivity index (χ3n) is 4.87.